The molecule has 2 heteroatoms. The topological polar surface area (TPSA) is 9.23 Å². The van der Waals surface area contributed by atoms with Crippen molar-refractivity contribution in [2.45, 2.75) is 17.7 Å². The lowest BCUT2D eigenvalue weighted by atomic mass is 10.3. The summed E-state index contributed by atoms with van der Waals surface area (Å²) in [4.78, 5) is 0.929. The van der Waals surface area contributed by atoms with Crippen molar-refractivity contribution < 1.29 is 4.74 Å². The molecule has 0 amide bonds. The Kier molecular flexibility index (Phi) is 2.26. The molecule has 1 aliphatic carbocycles. The lowest BCUT2D eigenvalue weighted by Gasteiger charge is -2.06. The summed E-state index contributed by atoms with van der Waals surface area (Å²) in [6.45, 7) is 0.859. The van der Waals surface area contributed by atoms with Crippen LogP contribution in [0.1, 0.15) is 12.8 Å². The third-order valence-corrected chi connectivity index (χ3v) is 2.41. The molecule has 12 heavy (non-hydrogen) atoms. The summed E-state index contributed by atoms with van der Waals surface area (Å²) in [6, 6.07) is 7.85. The standard InChI is InChI=1S/C10H12OS/c12-10-4-2-1-3-9(10)11-7-8-5-6-8/h1-4,8,12H,5-7H2. The van der Waals surface area contributed by atoms with Gasteiger partial charge in [0.05, 0.1) is 6.61 Å². The first-order chi connectivity index (χ1) is 5.86. The van der Waals surface area contributed by atoms with Crippen molar-refractivity contribution in [2.75, 3.05) is 6.61 Å². The maximum atomic E-state index is 5.58. The van der Waals surface area contributed by atoms with Crippen LogP contribution in [0.2, 0.25) is 0 Å². The Bertz CT molecular complexity index is 268. The van der Waals surface area contributed by atoms with Crippen LogP contribution in [-0.2, 0) is 0 Å². The smallest absolute Gasteiger partial charge is 0.132 e. The van der Waals surface area contributed by atoms with E-state index >= 15 is 0 Å². The number of ether oxygens (including phenoxy) is 1. The van der Waals surface area contributed by atoms with Crippen LogP contribution in [0.5, 0.6) is 5.75 Å². The SMILES string of the molecule is Sc1ccccc1OCC1CC1. The van der Waals surface area contributed by atoms with Gasteiger partial charge in [-0.15, -0.1) is 12.6 Å². The largest absolute Gasteiger partial charge is 0.492 e. The number of thiol groups is 1. The van der Waals surface area contributed by atoms with Crippen LogP contribution in [-0.4, -0.2) is 6.61 Å². The van der Waals surface area contributed by atoms with Crippen LogP contribution in [0.4, 0.5) is 0 Å². The maximum Gasteiger partial charge on any atom is 0.132 e. The summed E-state index contributed by atoms with van der Waals surface area (Å²) in [5.74, 6) is 1.71. The Morgan fingerprint density at radius 2 is 2.08 bits per heavy atom. The molecule has 1 nitrogen and oxygen atoms in total. The summed E-state index contributed by atoms with van der Waals surface area (Å²) in [6.07, 6.45) is 2.66. The zero-order valence-electron chi connectivity index (χ0n) is 6.86. The molecular formula is C10H12OS. The molecule has 1 fully saturated rings. The van der Waals surface area contributed by atoms with Gasteiger partial charge in [0.2, 0.25) is 0 Å². The zero-order chi connectivity index (χ0) is 8.39. The van der Waals surface area contributed by atoms with Gasteiger partial charge in [0.25, 0.3) is 0 Å². The first-order valence-corrected chi connectivity index (χ1v) is 4.72. The number of benzene rings is 1. The van der Waals surface area contributed by atoms with Gasteiger partial charge in [0.1, 0.15) is 5.75 Å². The van der Waals surface area contributed by atoms with Gasteiger partial charge in [0.15, 0.2) is 0 Å². The Morgan fingerprint density at radius 1 is 1.33 bits per heavy atom. The summed E-state index contributed by atoms with van der Waals surface area (Å²) >= 11 is 4.30. The Hall–Kier alpha value is -0.630. The van der Waals surface area contributed by atoms with Crippen LogP contribution in [0, 0.1) is 5.92 Å². The van der Waals surface area contributed by atoms with Crippen LogP contribution >= 0.6 is 12.6 Å². The first kappa shape index (κ1) is 7.99. The highest BCUT2D eigenvalue weighted by atomic mass is 32.1. The van der Waals surface area contributed by atoms with Gasteiger partial charge >= 0.3 is 0 Å². The number of para-hydroxylation sites is 1. The molecule has 1 aromatic carbocycles. The average Bonchev–Trinajstić information content (AvgIpc) is 2.86. The van der Waals surface area contributed by atoms with E-state index in [2.05, 4.69) is 12.6 Å². The van der Waals surface area contributed by atoms with Crippen LogP contribution < -0.4 is 4.74 Å². The van der Waals surface area contributed by atoms with E-state index in [1.165, 1.54) is 12.8 Å². The third-order valence-electron chi connectivity index (χ3n) is 2.04. The van der Waals surface area contributed by atoms with E-state index in [0.717, 1.165) is 23.2 Å². The van der Waals surface area contributed by atoms with Crippen LogP contribution in [0.3, 0.4) is 0 Å². The normalized spacial score (nSPS) is 16.1. The van der Waals surface area contributed by atoms with E-state index in [9.17, 15) is 0 Å². The second-order valence-electron chi connectivity index (χ2n) is 3.22. The van der Waals surface area contributed by atoms with E-state index in [-0.39, 0.29) is 0 Å². The molecule has 1 saturated carbocycles. The second kappa shape index (κ2) is 3.40. The van der Waals surface area contributed by atoms with Gasteiger partial charge in [-0.2, -0.15) is 0 Å². The molecule has 0 heterocycles. The second-order valence-corrected chi connectivity index (χ2v) is 3.70. The molecule has 2 rings (SSSR count). The molecule has 0 N–H and O–H groups in total. The summed E-state index contributed by atoms with van der Waals surface area (Å²) in [5, 5.41) is 0. The highest BCUT2D eigenvalue weighted by molar-refractivity contribution is 7.80. The van der Waals surface area contributed by atoms with Gasteiger partial charge in [-0.1, -0.05) is 12.1 Å². The van der Waals surface area contributed by atoms with Crippen LogP contribution in [0.25, 0.3) is 0 Å². The van der Waals surface area contributed by atoms with Crippen molar-refractivity contribution >= 4 is 12.6 Å². The molecule has 1 aliphatic rings. The minimum absolute atomic E-state index is 0.804. The molecular weight excluding hydrogens is 168 g/mol. The molecule has 0 aromatic heterocycles. The predicted octanol–water partition coefficient (Wildman–Crippen LogP) is 2.76. The Balaban J connectivity index is 1.96. The third kappa shape index (κ3) is 1.95. The molecule has 0 radical (unpaired) electrons. The lowest BCUT2D eigenvalue weighted by Crippen LogP contribution is -1.99. The van der Waals surface area contributed by atoms with Gasteiger partial charge in [-0.25, -0.2) is 0 Å². The van der Waals surface area contributed by atoms with E-state index < -0.39 is 0 Å². The minimum Gasteiger partial charge on any atom is -0.492 e. The lowest BCUT2D eigenvalue weighted by molar-refractivity contribution is 0.293. The van der Waals surface area contributed by atoms with Crippen LogP contribution in [0.15, 0.2) is 29.2 Å². The molecule has 0 unspecified atom stereocenters. The van der Waals surface area contributed by atoms with Crippen molar-refractivity contribution in [3.05, 3.63) is 24.3 Å². The molecule has 0 atom stereocenters. The quantitative estimate of drug-likeness (QED) is 0.704. The Morgan fingerprint density at radius 3 is 2.75 bits per heavy atom. The average molecular weight is 180 g/mol. The number of hydrogen-bond acceptors (Lipinski definition) is 2. The molecule has 0 aliphatic heterocycles. The monoisotopic (exact) mass is 180 g/mol. The fraction of sp³-hybridized carbons (Fsp3) is 0.400. The van der Waals surface area contributed by atoms with Crippen molar-refractivity contribution in [3.63, 3.8) is 0 Å². The van der Waals surface area contributed by atoms with E-state index in [4.69, 9.17) is 4.74 Å². The highest BCUT2D eigenvalue weighted by Gasteiger charge is 2.21. The van der Waals surface area contributed by atoms with Crippen molar-refractivity contribution in [1.29, 1.82) is 0 Å². The summed E-state index contributed by atoms with van der Waals surface area (Å²) in [7, 11) is 0. The molecule has 0 bridgehead atoms. The van der Waals surface area contributed by atoms with Gasteiger partial charge < -0.3 is 4.74 Å². The van der Waals surface area contributed by atoms with E-state index in [1.54, 1.807) is 0 Å². The van der Waals surface area contributed by atoms with Crippen molar-refractivity contribution in [3.8, 4) is 5.75 Å². The van der Waals surface area contributed by atoms with Gasteiger partial charge in [-0.05, 0) is 30.9 Å². The number of hydrogen-bond donors (Lipinski definition) is 1. The maximum absolute atomic E-state index is 5.58. The van der Waals surface area contributed by atoms with Crippen molar-refractivity contribution in [1.82, 2.24) is 0 Å². The summed E-state index contributed by atoms with van der Waals surface area (Å²) < 4.78 is 5.58. The van der Waals surface area contributed by atoms with Crippen molar-refractivity contribution in [2.24, 2.45) is 5.92 Å². The molecule has 1 aromatic rings. The fourth-order valence-corrected chi connectivity index (χ4v) is 1.30. The molecule has 0 spiro atoms. The van der Waals surface area contributed by atoms with Gasteiger partial charge in [0, 0.05) is 4.90 Å². The number of rotatable bonds is 3. The first-order valence-electron chi connectivity index (χ1n) is 4.27. The fourth-order valence-electron chi connectivity index (χ4n) is 1.07. The summed E-state index contributed by atoms with van der Waals surface area (Å²) in [5.41, 5.74) is 0. The van der Waals surface area contributed by atoms with E-state index in [0.29, 0.717) is 0 Å². The van der Waals surface area contributed by atoms with E-state index in [1.807, 2.05) is 24.3 Å². The molecule has 64 valence electrons. The Labute approximate surface area is 78.2 Å². The highest BCUT2D eigenvalue weighted by Crippen LogP contribution is 2.30. The zero-order valence-corrected chi connectivity index (χ0v) is 7.76. The van der Waals surface area contributed by atoms with Gasteiger partial charge in [-0.3, -0.25) is 0 Å². The predicted molar refractivity (Wildman–Crippen MR) is 51.9 cm³/mol. The minimum atomic E-state index is 0.804. The molecule has 0 saturated heterocycles.